The molecule has 1 aliphatic carbocycles. The van der Waals surface area contributed by atoms with Crippen LogP contribution in [0.1, 0.15) is 80.2 Å². The van der Waals surface area contributed by atoms with E-state index in [0.29, 0.717) is 17.6 Å². The molecule has 1 fully saturated rings. The lowest BCUT2D eigenvalue weighted by atomic mass is 9.90. The molecule has 210 valence electrons. The van der Waals surface area contributed by atoms with Gasteiger partial charge >= 0.3 is 11.9 Å². The number of fused-ring (bicyclic) bond motifs is 1. The zero-order valence-electron chi connectivity index (χ0n) is 23.3. The number of aromatic nitrogens is 3. The molecular weight excluding hydrogens is 498 g/mol. The molecule has 10 heteroatoms. The zero-order valence-corrected chi connectivity index (χ0v) is 23.3. The summed E-state index contributed by atoms with van der Waals surface area (Å²) in [6.07, 6.45) is 5.42. The molecule has 2 aromatic heterocycles. The number of ketones is 1. The van der Waals surface area contributed by atoms with Gasteiger partial charge in [0.15, 0.2) is 11.9 Å². The van der Waals surface area contributed by atoms with Crippen molar-refractivity contribution >= 4 is 29.4 Å². The van der Waals surface area contributed by atoms with Crippen molar-refractivity contribution in [2.24, 2.45) is 5.92 Å². The largest absolute Gasteiger partial charge is 0.481 e. The number of aryl methyl sites for hydroxylation is 3. The number of esters is 1. The Morgan fingerprint density at radius 1 is 1.10 bits per heavy atom. The number of hydrogen-bond donors (Lipinski definition) is 2. The van der Waals surface area contributed by atoms with Gasteiger partial charge in [-0.2, -0.15) is 0 Å². The molecule has 0 unspecified atom stereocenters. The standard InChI is InChI=1S/C29H39N5O5/c1-17-27(30-16-23(29(37)38)15-26(36)39-19(3)18(2)35)31-20(4)32-28(17)34-13-11-22(12-14-34)25-10-9-21-7-5-6-8-24(21)33-25/h9-10,19,22-23H,5-8,11-16H2,1-4H3,(H,37,38)(H,30,31,32)/t19-,23-/m0/s1. The summed E-state index contributed by atoms with van der Waals surface area (Å²) in [5.41, 5.74) is 4.72. The molecular formula is C29H39N5O5. The Bertz CT molecular complexity index is 1220. The van der Waals surface area contributed by atoms with Crippen LogP contribution in [0, 0.1) is 19.8 Å². The van der Waals surface area contributed by atoms with Crippen molar-refractivity contribution in [2.75, 3.05) is 29.9 Å². The van der Waals surface area contributed by atoms with E-state index in [-0.39, 0.29) is 18.7 Å². The number of carboxylic acids is 1. The minimum Gasteiger partial charge on any atom is -0.481 e. The molecule has 2 aliphatic rings. The second-order valence-corrected chi connectivity index (χ2v) is 10.7. The molecule has 0 saturated carbocycles. The summed E-state index contributed by atoms with van der Waals surface area (Å²) in [7, 11) is 0. The molecule has 2 atom stereocenters. The molecule has 2 aromatic rings. The van der Waals surface area contributed by atoms with Crippen LogP contribution in [0.25, 0.3) is 0 Å². The molecule has 2 N–H and O–H groups in total. The number of carbonyl (C=O) groups is 3. The monoisotopic (exact) mass is 537 g/mol. The molecule has 3 heterocycles. The minimum absolute atomic E-state index is 0.0122. The van der Waals surface area contributed by atoms with E-state index < -0.39 is 24.0 Å². The smallest absolute Gasteiger partial charge is 0.308 e. The number of rotatable bonds is 10. The quantitative estimate of drug-likeness (QED) is 0.431. The van der Waals surface area contributed by atoms with E-state index in [1.54, 1.807) is 0 Å². The average molecular weight is 538 g/mol. The number of ether oxygens (including phenoxy) is 1. The number of anilines is 2. The number of hydrogen-bond acceptors (Lipinski definition) is 9. The summed E-state index contributed by atoms with van der Waals surface area (Å²) in [6.45, 7) is 8.20. The van der Waals surface area contributed by atoms with Gasteiger partial charge < -0.3 is 20.1 Å². The zero-order chi connectivity index (χ0) is 28.1. The van der Waals surface area contributed by atoms with E-state index >= 15 is 0 Å². The van der Waals surface area contributed by atoms with Crippen molar-refractivity contribution < 1.29 is 24.2 Å². The van der Waals surface area contributed by atoms with Gasteiger partial charge in [-0.25, -0.2) is 9.97 Å². The molecule has 0 bridgehead atoms. The van der Waals surface area contributed by atoms with Gasteiger partial charge in [-0.3, -0.25) is 19.4 Å². The second kappa shape index (κ2) is 12.5. The van der Waals surface area contributed by atoms with Gasteiger partial charge in [0.2, 0.25) is 0 Å². The summed E-state index contributed by atoms with van der Waals surface area (Å²) >= 11 is 0. The highest BCUT2D eigenvalue weighted by molar-refractivity contribution is 5.84. The maximum atomic E-state index is 12.2. The van der Waals surface area contributed by atoms with Crippen LogP contribution in [0.15, 0.2) is 12.1 Å². The maximum Gasteiger partial charge on any atom is 0.308 e. The highest BCUT2D eigenvalue weighted by Crippen LogP contribution is 2.33. The van der Waals surface area contributed by atoms with Crippen LogP contribution in [0.5, 0.6) is 0 Å². The molecule has 0 radical (unpaired) electrons. The summed E-state index contributed by atoms with van der Waals surface area (Å²) in [5.74, 6) is -0.785. The van der Waals surface area contributed by atoms with Crippen molar-refractivity contribution in [3.63, 3.8) is 0 Å². The number of Topliss-reactive ketones (excluding diaryl/α,β-unsaturated/α-hetero) is 1. The maximum absolute atomic E-state index is 12.2. The first-order valence-electron chi connectivity index (χ1n) is 13.9. The minimum atomic E-state index is -1.13. The third kappa shape index (κ3) is 7.10. The number of carbonyl (C=O) groups excluding carboxylic acids is 2. The van der Waals surface area contributed by atoms with Gasteiger partial charge in [0.25, 0.3) is 0 Å². The van der Waals surface area contributed by atoms with Gasteiger partial charge in [0.05, 0.1) is 12.3 Å². The van der Waals surface area contributed by atoms with Crippen LogP contribution < -0.4 is 10.2 Å². The van der Waals surface area contributed by atoms with Crippen LogP contribution >= 0.6 is 0 Å². The SMILES string of the molecule is CC(=O)[C@H](C)OC(=O)C[C@@H](CNc1nc(C)nc(N2CCC(c3ccc4c(n3)CCCC4)CC2)c1C)C(=O)O. The number of nitrogens with zero attached hydrogens (tertiary/aromatic N) is 4. The van der Waals surface area contributed by atoms with Gasteiger partial charge in [-0.05, 0) is 77.8 Å². The molecule has 4 rings (SSSR count). The van der Waals surface area contributed by atoms with Crippen LogP contribution in [0.3, 0.4) is 0 Å². The predicted octanol–water partition coefficient (Wildman–Crippen LogP) is 3.77. The van der Waals surface area contributed by atoms with E-state index in [4.69, 9.17) is 14.7 Å². The molecule has 0 amide bonds. The number of piperidine rings is 1. The van der Waals surface area contributed by atoms with E-state index in [2.05, 4.69) is 27.3 Å². The number of aliphatic carboxylic acids is 1. The lowest BCUT2D eigenvalue weighted by Crippen LogP contribution is -2.35. The van der Waals surface area contributed by atoms with Crippen molar-refractivity contribution in [3.8, 4) is 0 Å². The van der Waals surface area contributed by atoms with Gasteiger partial charge in [0, 0.05) is 42.5 Å². The van der Waals surface area contributed by atoms with Crippen LogP contribution in [-0.4, -0.2) is 63.5 Å². The fourth-order valence-electron chi connectivity index (χ4n) is 5.30. The number of pyridine rings is 1. The topological polar surface area (TPSA) is 135 Å². The Kier molecular flexibility index (Phi) is 9.14. The highest BCUT2D eigenvalue weighted by Gasteiger charge is 2.27. The number of nitrogens with one attached hydrogen (secondary N) is 1. The lowest BCUT2D eigenvalue weighted by Gasteiger charge is -2.34. The number of carboxylic acid groups (broad SMARTS) is 1. The van der Waals surface area contributed by atoms with Gasteiger partial charge in [0.1, 0.15) is 17.5 Å². The summed E-state index contributed by atoms with van der Waals surface area (Å²) in [6, 6.07) is 4.48. The Morgan fingerprint density at radius 2 is 1.82 bits per heavy atom. The summed E-state index contributed by atoms with van der Waals surface area (Å²) in [5, 5.41) is 12.8. The fourth-order valence-corrected chi connectivity index (χ4v) is 5.30. The van der Waals surface area contributed by atoms with Crippen molar-refractivity contribution in [1.82, 2.24) is 15.0 Å². The second-order valence-electron chi connectivity index (χ2n) is 10.7. The van der Waals surface area contributed by atoms with Crippen LogP contribution in [0.4, 0.5) is 11.6 Å². The van der Waals surface area contributed by atoms with Crippen LogP contribution in [-0.2, 0) is 32.0 Å². The van der Waals surface area contributed by atoms with Gasteiger partial charge in [-0.1, -0.05) is 6.07 Å². The molecule has 0 spiro atoms. The molecule has 1 saturated heterocycles. The van der Waals surface area contributed by atoms with Crippen molar-refractivity contribution in [1.29, 1.82) is 0 Å². The Balaban J connectivity index is 1.39. The fraction of sp³-hybridized carbons (Fsp3) is 0.586. The Morgan fingerprint density at radius 3 is 2.51 bits per heavy atom. The Hall–Kier alpha value is -3.56. The summed E-state index contributed by atoms with van der Waals surface area (Å²) in [4.78, 5) is 51.8. The predicted molar refractivity (Wildman–Crippen MR) is 147 cm³/mol. The first-order valence-corrected chi connectivity index (χ1v) is 13.9. The third-order valence-electron chi connectivity index (χ3n) is 7.80. The normalized spacial score (nSPS) is 17.2. The van der Waals surface area contributed by atoms with E-state index in [1.165, 1.54) is 43.6 Å². The molecule has 1 aliphatic heterocycles. The van der Waals surface area contributed by atoms with Crippen LogP contribution in [0.2, 0.25) is 0 Å². The third-order valence-corrected chi connectivity index (χ3v) is 7.80. The van der Waals surface area contributed by atoms with Crippen molar-refractivity contribution in [2.45, 2.75) is 84.7 Å². The van der Waals surface area contributed by atoms with Gasteiger partial charge in [-0.15, -0.1) is 0 Å². The van der Waals surface area contributed by atoms with E-state index in [9.17, 15) is 19.5 Å². The molecule has 10 nitrogen and oxygen atoms in total. The summed E-state index contributed by atoms with van der Waals surface area (Å²) < 4.78 is 5.04. The van der Waals surface area contributed by atoms with Crippen molar-refractivity contribution in [3.05, 3.63) is 40.5 Å². The average Bonchev–Trinajstić information content (AvgIpc) is 2.92. The van der Waals surface area contributed by atoms with E-state index in [0.717, 1.165) is 50.2 Å². The lowest BCUT2D eigenvalue weighted by molar-refractivity contribution is -0.157. The molecule has 0 aromatic carbocycles. The first-order chi connectivity index (χ1) is 18.6. The first kappa shape index (κ1) is 28.4. The Labute approximate surface area is 229 Å². The molecule has 39 heavy (non-hydrogen) atoms. The highest BCUT2D eigenvalue weighted by atomic mass is 16.5. The van der Waals surface area contributed by atoms with E-state index in [1.807, 2.05) is 13.8 Å².